The highest BCUT2D eigenvalue weighted by molar-refractivity contribution is 4.81. The molecule has 3 unspecified atom stereocenters. The van der Waals surface area contributed by atoms with Gasteiger partial charge in [0.25, 0.3) is 0 Å². The minimum Gasteiger partial charge on any atom is -0.0885 e. The lowest BCUT2D eigenvalue weighted by Crippen LogP contribution is -2.06. The van der Waals surface area contributed by atoms with E-state index < -0.39 is 0 Å². The normalized spacial score (nSPS) is 15.4. The minimum atomic E-state index is 0.908. The molecule has 0 radical (unpaired) electrons. The van der Waals surface area contributed by atoms with Crippen molar-refractivity contribution in [3.63, 3.8) is 0 Å². The third-order valence-corrected chi connectivity index (χ3v) is 6.43. The van der Waals surface area contributed by atoms with Crippen LogP contribution in [0.4, 0.5) is 0 Å². The van der Waals surface area contributed by atoms with Gasteiger partial charge in [0.05, 0.1) is 0 Å². The lowest BCUT2D eigenvalue weighted by atomic mass is 9.88. The molecular formula is C26H52. The molecule has 0 heterocycles. The van der Waals surface area contributed by atoms with Gasteiger partial charge in [-0.05, 0) is 43.4 Å². The second-order valence-electron chi connectivity index (χ2n) is 9.06. The van der Waals surface area contributed by atoms with Crippen molar-refractivity contribution < 1.29 is 0 Å². The van der Waals surface area contributed by atoms with Gasteiger partial charge in [-0.2, -0.15) is 0 Å². The third-order valence-electron chi connectivity index (χ3n) is 6.43. The van der Waals surface area contributed by atoms with Crippen molar-refractivity contribution >= 4 is 0 Å². The zero-order valence-electron chi connectivity index (χ0n) is 19.2. The van der Waals surface area contributed by atoms with E-state index in [2.05, 4.69) is 46.8 Å². The summed E-state index contributed by atoms with van der Waals surface area (Å²) < 4.78 is 0. The molecule has 0 N–H and O–H groups in total. The van der Waals surface area contributed by atoms with Gasteiger partial charge in [-0.3, -0.25) is 0 Å². The van der Waals surface area contributed by atoms with Crippen molar-refractivity contribution in [2.24, 2.45) is 17.8 Å². The average molecular weight is 365 g/mol. The van der Waals surface area contributed by atoms with Crippen molar-refractivity contribution in [1.29, 1.82) is 0 Å². The summed E-state index contributed by atoms with van der Waals surface area (Å²) in [6.07, 6.45) is 27.3. The van der Waals surface area contributed by atoms with E-state index in [9.17, 15) is 0 Å². The summed E-state index contributed by atoms with van der Waals surface area (Å²) in [7, 11) is 0. The van der Waals surface area contributed by atoms with Crippen LogP contribution in [0.1, 0.15) is 137 Å². The first-order chi connectivity index (χ1) is 12.6. The van der Waals surface area contributed by atoms with Gasteiger partial charge in [0.15, 0.2) is 0 Å². The maximum Gasteiger partial charge on any atom is -0.0351 e. The summed E-state index contributed by atoms with van der Waals surface area (Å²) >= 11 is 0. The van der Waals surface area contributed by atoms with Crippen LogP contribution in [-0.2, 0) is 0 Å². The van der Waals surface area contributed by atoms with Crippen LogP contribution >= 0.6 is 0 Å². The highest BCUT2D eigenvalue weighted by Crippen LogP contribution is 2.22. The van der Waals surface area contributed by atoms with Crippen molar-refractivity contribution in [2.45, 2.75) is 137 Å². The summed E-state index contributed by atoms with van der Waals surface area (Å²) in [6.45, 7) is 11.9. The van der Waals surface area contributed by atoms with Crippen LogP contribution in [0.25, 0.3) is 0 Å². The van der Waals surface area contributed by atoms with Crippen LogP contribution in [0, 0.1) is 17.8 Å². The molecule has 0 spiro atoms. The molecule has 0 saturated carbocycles. The Morgan fingerprint density at radius 2 is 1.04 bits per heavy atom. The molecule has 156 valence electrons. The second kappa shape index (κ2) is 19.5. The standard InChI is InChI=1S/C26H52/c1-6-8-9-10-11-12-13-14-15-18-21-24(3)22-19-16-17-20-23-26(5)25(4)7-2/h12-13,24-26H,6-11,14-23H2,1-5H3. The Labute approximate surface area is 167 Å². The Kier molecular flexibility index (Phi) is 19.3. The third kappa shape index (κ3) is 17.2. The predicted molar refractivity (Wildman–Crippen MR) is 122 cm³/mol. The zero-order chi connectivity index (χ0) is 19.5. The molecule has 0 aromatic carbocycles. The summed E-state index contributed by atoms with van der Waals surface area (Å²) in [5.74, 6) is 2.77. The SMILES string of the molecule is CCCCCCC=CCCCCC(C)CCCCCCC(C)C(C)CC. The number of hydrogen-bond donors (Lipinski definition) is 0. The Balaban J connectivity index is 3.34. The maximum atomic E-state index is 2.47. The van der Waals surface area contributed by atoms with Gasteiger partial charge in [0.1, 0.15) is 0 Å². The molecule has 3 atom stereocenters. The van der Waals surface area contributed by atoms with E-state index in [1.807, 2.05) is 0 Å². The molecule has 0 fully saturated rings. The fourth-order valence-electron chi connectivity index (χ4n) is 3.82. The number of allylic oxidation sites excluding steroid dienone is 2. The van der Waals surface area contributed by atoms with Gasteiger partial charge in [-0.15, -0.1) is 0 Å². The van der Waals surface area contributed by atoms with E-state index in [1.165, 1.54) is 103 Å². The van der Waals surface area contributed by atoms with Gasteiger partial charge >= 0.3 is 0 Å². The van der Waals surface area contributed by atoms with Crippen LogP contribution < -0.4 is 0 Å². The Bertz CT molecular complexity index is 290. The molecule has 0 heteroatoms. The molecule has 26 heavy (non-hydrogen) atoms. The molecule has 0 aromatic heterocycles. The lowest BCUT2D eigenvalue weighted by Gasteiger charge is -2.18. The van der Waals surface area contributed by atoms with E-state index >= 15 is 0 Å². The van der Waals surface area contributed by atoms with E-state index in [0.717, 1.165) is 17.8 Å². The molecule has 0 bridgehead atoms. The molecule has 0 aromatic rings. The molecule has 0 aliphatic heterocycles. The van der Waals surface area contributed by atoms with Crippen LogP contribution in [0.2, 0.25) is 0 Å². The maximum absolute atomic E-state index is 2.47. The van der Waals surface area contributed by atoms with Gasteiger partial charge in [-0.1, -0.05) is 124 Å². The van der Waals surface area contributed by atoms with Crippen LogP contribution in [-0.4, -0.2) is 0 Å². The summed E-state index contributed by atoms with van der Waals surface area (Å²) in [5, 5.41) is 0. The molecule has 0 amide bonds. The molecule has 0 saturated heterocycles. The van der Waals surface area contributed by atoms with Crippen LogP contribution in [0.15, 0.2) is 12.2 Å². The average Bonchev–Trinajstić information content (AvgIpc) is 2.65. The van der Waals surface area contributed by atoms with Crippen molar-refractivity contribution in [3.05, 3.63) is 12.2 Å². The fourth-order valence-corrected chi connectivity index (χ4v) is 3.82. The highest BCUT2D eigenvalue weighted by atomic mass is 14.1. The number of rotatable bonds is 19. The summed E-state index contributed by atoms with van der Waals surface area (Å²) in [5.41, 5.74) is 0. The van der Waals surface area contributed by atoms with Gasteiger partial charge in [-0.25, -0.2) is 0 Å². The Morgan fingerprint density at radius 3 is 1.62 bits per heavy atom. The molecule has 0 rings (SSSR count). The molecule has 0 aliphatic rings. The monoisotopic (exact) mass is 364 g/mol. The lowest BCUT2D eigenvalue weighted by molar-refractivity contribution is 0.340. The number of unbranched alkanes of at least 4 members (excludes halogenated alkanes) is 9. The second-order valence-corrected chi connectivity index (χ2v) is 9.06. The minimum absolute atomic E-state index is 0.908. The van der Waals surface area contributed by atoms with E-state index in [-0.39, 0.29) is 0 Å². The van der Waals surface area contributed by atoms with Gasteiger partial charge in [0, 0.05) is 0 Å². The van der Waals surface area contributed by atoms with Crippen molar-refractivity contribution in [1.82, 2.24) is 0 Å². The van der Waals surface area contributed by atoms with E-state index in [0.29, 0.717) is 0 Å². The fraction of sp³-hybridized carbons (Fsp3) is 0.923. The molecular weight excluding hydrogens is 312 g/mol. The van der Waals surface area contributed by atoms with Gasteiger partial charge < -0.3 is 0 Å². The summed E-state index contributed by atoms with van der Waals surface area (Å²) in [6, 6.07) is 0. The van der Waals surface area contributed by atoms with E-state index in [4.69, 9.17) is 0 Å². The van der Waals surface area contributed by atoms with Crippen molar-refractivity contribution in [2.75, 3.05) is 0 Å². The zero-order valence-corrected chi connectivity index (χ0v) is 19.2. The molecule has 0 nitrogen and oxygen atoms in total. The first-order valence-electron chi connectivity index (χ1n) is 12.3. The van der Waals surface area contributed by atoms with Crippen molar-refractivity contribution in [3.8, 4) is 0 Å². The first kappa shape index (κ1) is 25.7. The Morgan fingerprint density at radius 1 is 0.538 bits per heavy atom. The van der Waals surface area contributed by atoms with Crippen LogP contribution in [0.3, 0.4) is 0 Å². The Hall–Kier alpha value is -0.260. The van der Waals surface area contributed by atoms with E-state index in [1.54, 1.807) is 0 Å². The first-order valence-corrected chi connectivity index (χ1v) is 12.3. The number of hydrogen-bond acceptors (Lipinski definition) is 0. The topological polar surface area (TPSA) is 0 Å². The predicted octanol–water partition coefficient (Wildman–Crippen LogP) is 9.73. The highest BCUT2D eigenvalue weighted by Gasteiger charge is 2.09. The van der Waals surface area contributed by atoms with Crippen LogP contribution in [0.5, 0.6) is 0 Å². The quantitative estimate of drug-likeness (QED) is 0.158. The largest absolute Gasteiger partial charge is 0.0885 e. The summed E-state index contributed by atoms with van der Waals surface area (Å²) in [4.78, 5) is 0. The molecule has 0 aliphatic carbocycles. The smallest absolute Gasteiger partial charge is 0.0351 e. The van der Waals surface area contributed by atoms with Gasteiger partial charge in [0.2, 0.25) is 0 Å².